The Bertz CT molecular complexity index is 726. The topological polar surface area (TPSA) is 54.3 Å². The van der Waals surface area contributed by atoms with E-state index in [1.54, 1.807) is 0 Å². The molecule has 3 heterocycles. The molecule has 2 aromatic rings. The highest BCUT2D eigenvalue weighted by Crippen LogP contribution is 2.30. The van der Waals surface area contributed by atoms with Gasteiger partial charge in [-0.1, -0.05) is 30.3 Å². The van der Waals surface area contributed by atoms with Gasteiger partial charge in [0.1, 0.15) is 0 Å². The molecule has 0 aliphatic carbocycles. The molecule has 0 unspecified atom stereocenters. The average molecular weight is 325 g/mol. The lowest BCUT2D eigenvalue weighted by molar-refractivity contribution is -0.132. The molecule has 1 aromatic heterocycles. The van der Waals surface area contributed by atoms with Crippen molar-refractivity contribution in [1.82, 2.24) is 24.6 Å². The van der Waals surface area contributed by atoms with E-state index >= 15 is 0 Å². The van der Waals surface area contributed by atoms with Crippen molar-refractivity contribution >= 4 is 5.91 Å². The first-order valence-corrected chi connectivity index (χ1v) is 8.66. The van der Waals surface area contributed by atoms with Gasteiger partial charge in [-0.25, -0.2) is 0 Å². The van der Waals surface area contributed by atoms with E-state index in [0.29, 0.717) is 19.0 Å². The predicted molar refractivity (Wildman–Crippen MR) is 90.2 cm³/mol. The van der Waals surface area contributed by atoms with Crippen LogP contribution >= 0.6 is 0 Å². The van der Waals surface area contributed by atoms with Crippen LogP contribution in [0.15, 0.2) is 30.3 Å². The third-order valence-electron chi connectivity index (χ3n) is 5.15. The highest BCUT2D eigenvalue weighted by Gasteiger charge is 2.31. The Balaban J connectivity index is 1.47. The largest absolute Gasteiger partial charge is 0.333 e. The molecule has 0 bridgehead atoms. The van der Waals surface area contributed by atoms with Crippen LogP contribution in [0.4, 0.5) is 0 Å². The van der Waals surface area contributed by atoms with Crippen LogP contribution in [0.2, 0.25) is 0 Å². The maximum absolute atomic E-state index is 12.6. The van der Waals surface area contributed by atoms with Gasteiger partial charge in [-0.3, -0.25) is 9.69 Å². The van der Waals surface area contributed by atoms with E-state index in [9.17, 15) is 4.79 Å². The summed E-state index contributed by atoms with van der Waals surface area (Å²) in [7, 11) is 2.15. The fourth-order valence-corrected chi connectivity index (χ4v) is 3.76. The van der Waals surface area contributed by atoms with E-state index in [0.717, 1.165) is 43.3 Å². The zero-order chi connectivity index (χ0) is 16.5. The number of nitrogens with zero attached hydrogens (tertiary/aromatic N) is 5. The summed E-state index contributed by atoms with van der Waals surface area (Å²) in [5, 5.41) is 8.81. The lowest BCUT2D eigenvalue weighted by Gasteiger charge is -2.29. The molecule has 4 rings (SSSR count). The fourth-order valence-electron chi connectivity index (χ4n) is 3.76. The number of amides is 1. The SMILES string of the molecule is CN1CCC[C@H]1c1nnc2n1CCN(C(=O)Cc1ccccc1)C2. The van der Waals surface area contributed by atoms with Gasteiger partial charge in [-0.15, -0.1) is 10.2 Å². The van der Waals surface area contributed by atoms with Crippen LogP contribution in [0.1, 0.15) is 36.1 Å². The van der Waals surface area contributed by atoms with Crippen molar-refractivity contribution in [3.8, 4) is 0 Å². The number of carbonyl (C=O) groups excluding carboxylic acids is 1. The molecule has 1 saturated heterocycles. The van der Waals surface area contributed by atoms with Gasteiger partial charge in [0.2, 0.25) is 5.91 Å². The highest BCUT2D eigenvalue weighted by molar-refractivity contribution is 5.78. The van der Waals surface area contributed by atoms with Crippen LogP contribution < -0.4 is 0 Å². The molecule has 2 aliphatic rings. The molecule has 0 N–H and O–H groups in total. The fraction of sp³-hybridized carbons (Fsp3) is 0.500. The Hall–Kier alpha value is -2.21. The van der Waals surface area contributed by atoms with Crippen molar-refractivity contribution < 1.29 is 4.79 Å². The smallest absolute Gasteiger partial charge is 0.227 e. The molecule has 6 heteroatoms. The Labute approximate surface area is 142 Å². The second-order valence-corrected chi connectivity index (χ2v) is 6.74. The van der Waals surface area contributed by atoms with Gasteiger partial charge in [0.25, 0.3) is 0 Å². The second kappa shape index (κ2) is 6.36. The Morgan fingerprint density at radius 1 is 1.17 bits per heavy atom. The lowest BCUT2D eigenvalue weighted by Crippen LogP contribution is -2.40. The summed E-state index contributed by atoms with van der Waals surface area (Å²) in [6.07, 6.45) is 2.81. The quantitative estimate of drug-likeness (QED) is 0.861. The summed E-state index contributed by atoms with van der Waals surface area (Å²) in [5.74, 6) is 2.15. The first-order valence-electron chi connectivity index (χ1n) is 8.66. The third kappa shape index (κ3) is 2.82. The summed E-state index contributed by atoms with van der Waals surface area (Å²) in [5.41, 5.74) is 1.06. The number of hydrogen-bond acceptors (Lipinski definition) is 4. The highest BCUT2D eigenvalue weighted by atomic mass is 16.2. The summed E-state index contributed by atoms with van der Waals surface area (Å²) in [6.45, 7) is 3.21. The van der Waals surface area contributed by atoms with Crippen LogP contribution in [0.25, 0.3) is 0 Å². The van der Waals surface area contributed by atoms with E-state index < -0.39 is 0 Å². The monoisotopic (exact) mass is 325 g/mol. The molecule has 1 aromatic carbocycles. The Morgan fingerprint density at radius 3 is 2.75 bits per heavy atom. The summed E-state index contributed by atoms with van der Waals surface area (Å²) < 4.78 is 2.22. The van der Waals surface area contributed by atoms with Gasteiger partial charge in [-0.2, -0.15) is 0 Å². The molecule has 1 fully saturated rings. The zero-order valence-corrected chi connectivity index (χ0v) is 14.1. The minimum absolute atomic E-state index is 0.162. The summed E-state index contributed by atoms with van der Waals surface area (Å²) in [4.78, 5) is 16.8. The minimum atomic E-state index is 0.162. The number of likely N-dealkylation sites (tertiary alicyclic amines) is 1. The van der Waals surface area contributed by atoms with Gasteiger partial charge >= 0.3 is 0 Å². The van der Waals surface area contributed by atoms with Crippen molar-refractivity contribution in [2.24, 2.45) is 0 Å². The van der Waals surface area contributed by atoms with Crippen LogP contribution in [0.3, 0.4) is 0 Å². The molecular weight excluding hydrogens is 302 g/mol. The summed E-state index contributed by atoms with van der Waals surface area (Å²) >= 11 is 0. The van der Waals surface area contributed by atoms with Crippen LogP contribution in [-0.2, 0) is 24.3 Å². The van der Waals surface area contributed by atoms with E-state index in [4.69, 9.17) is 0 Å². The number of benzene rings is 1. The van der Waals surface area contributed by atoms with Crippen LogP contribution in [0.5, 0.6) is 0 Å². The Kier molecular flexibility index (Phi) is 4.06. The predicted octanol–water partition coefficient (Wildman–Crippen LogP) is 1.63. The lowest BCUT2D eigenvalue weighted by atomic mass is 10.1. The van der Waals surface area contributed by atoms with Crippen molar-refractivity contribution in [2.75, 3.05) is 20.1 Å². The van der Waals surface area contributed by atoms with E-state index in [1.165, 1.54) is 6.42 Å². The van der Waals surface area contributed by atoms with E-state index in [1.807, 2.05) is 35.2 Å². The standard InChI is InChI=1S/C18H23N5O/c1-21-9-5-8-15(21)18-20-19-16-13-22(10-11-23(16)18)17(24)12-14-6-3-2-4-7-14/h2-4,6-7,15H,5,8-13H2,1H3/t15-/m0/s1. The normalized spacial score (nSPS) is 21.0. The molecule has 24 heavy (non-hydrogen) atoms. The number of aromatic nitrogens is 3. The number of rotatable bonds is 3. The number of carbonyl (C=O) groups is 1. The molecule has 0 saturated carbocycles. The molecule has 0 radical (unpaired) electrons. The number of hydrogen-bond donors (Lipinski definition) is 0. The average Bonchev–Trinajstić information content (AvgIpc) is 3.20. The molecule has 1 amide bonds. The summed E-state index contributed by atoms with van der Waals surface area (Å²) in [6, 6.07) is 10.3. The van der Waals surface area contributed by atoms with Crippen molar-refractivity contribution in [1.29, 1.82) is 0 Å². The Morgan fingerprint density at radius 2 is 2.00 bits per heavy atom. The maximum Gasteiger partial charge on any atom is 0.227 e. The van der Waals surface area contributed by atoms with Crippen LogP contribution in [0, 0.1) is 0 Å². The second-order valence-electron chi connectivity index (χ2n) is 6.74. The van der Waals surface area contributed by atoms with Gasteiger partial charge < -0.3 is 9.47 Å². The van der Waals surface area contributed by atoms with E-state index in [2.05, 4.69) is 26.7 Å². The molecule has 6 nitrogen and oxygen atoms in total. The van der Waals surface area contributed by atoms with Gasteiger partial charge in [0.05, 0.1) is 19.0 Å². The van der Waals surface area contributed by atoms with Crippen molar-refractivity contribution in [3.05, 3.63) is 47.5 Å². The molecule has 0 spiro atoms. The van der Waals surface area contributed by atoms with Crippen LogP contribution in [-0.4, -0.2) is 50.6 Å². The maximum atomic E-state index is 12.6. The minimum Gasteiger partial charge on any atom is -0.333 e. The van der Waals surface area contributed by atoms with E-state index in [-0.39, 0.29) is 5.91 Å². The molecule has 126 valence electrons. The zero-order valence-electron chi connectivity index (χ0n) is 14.1. The molecule has 1 atom stereocenters. The number of fused-ring (bicyclic) bond motifs is 1. The third-order valence-corrected chi connectivity index (χ3v) is 5.15. The van der Waals surface area contributed by atoms with Gasteiger partial charge in [-0.05, 0) is 32.0 Å². The van der Waals surface area contributed by atoms with Crippen molar-refractivity contribution in [2.45, 2.75) is 38.4 Å². The van der Waals surface area contributed by atoms with Crippen molar-refractivity contribution in [3.63, 3.8) is 0 Å². The van der Waals surface area contributed by atoms with Gasteiger partial charge in [0.15, 0.2) is 11.6 Å². The molecular formula is C18H23N5O. The molecule has 2 aliphatic heterocycles. The van der Waals surface area contributed by atoms with Gasteiger partial charge in [0, 0.05) is 13.1 Å². The first-order chi connectivity index (χ1) is 11.7. The first kappa shape index (κ1) is 15.3.